The number of hydrogen-bond donors (Lipinski definition) is 0. The summed E-state index contributed by atoms with van der Waals surface area (Å²) < 4.78 is 14.1. The summed E-state index contributed by atoms with van der Waals surface area (Å²) in [5, 5.41) is 0.542. The molecular formula is C18H24ClFN2O. The number of carbonyl (C=O) groups is 1. The Morgan fingerprint density at radius 2 is 2.09 bits per heavy atom. The Morgan fingerprint density at radius 1 is 1.30 bits per heavy atom. The molecule has 0 saturated carbocycles. The summed E-state index contributed by atoms with van der Waals surface area (Å²) in [6, 6.07) is 3.22. The fourth-order valence-electron chi connectivity index (χ4n) is 4.06. The molecule has 1 aromatic rings. The van der Waals surface area contributed by atoms with E-state index in [9.17, 15) is 9.18 Å². The maximum absolute atomic E-state index is 14.1. The largest absolute Gasteiger partial charge is 0.342 e. The molecule has 126 valence electrons. The highest BCUT2D eigenvalue weighted by atomic mass is 35.5. The zero-order chi connectivity index (χ0) is 16.6. The van der Waals surface area contributed by atoms with Crippen molar-refractivity contribution >= 4 is 17.5 Å². The highest BCUT2D eigenvalue weighted by molar-refractivity contribution is 6.32. The summed E-state index contributed by atoms with van der Waals surface area (Å²) in [6.07, 6.45) is 3.28. The van der Waals surface area contributed by atoms with Crippen molar-refractivity contribution in [1.82, 2.24) is 9.80 Å². The van der Waals surface area contributed by atoms with E-state index in [-0.39, 0.29) is 17.1 Å². The molecule has 2 heterocycles. The third-order valence-electron chi connectivity index (χ3n) is 5.38. The first-order valence-electron chi connectivity index (χ1n) is 8.32. The van der Waals surface area contributed by atoms with E-state index in [1.165, 1.54) is 6.07 Å². The topological polar surface area (TPSA) is 23.6 Å². The molecule has 1 amide bonds. The maximum atomic E-state index is 14.1. The number of likely N-dealkylation sites (tertiary alicyclic amines) is 2. The molecule has 1 atom stereocenters. The lowest BCUT2D eigenvalue weighted by molar-refractivity contribution is -0.132. The molecule has 0 radical (unpaired) electrons. The molecule has 2 saturated heterocycles. The number of amides is 1. The van der Waals surface area contributed by atoms with Gasteiger partial charge in [0.25, 0.3) is 0 Å². The quantitative estimate of drug-likeness (QED) is 0.822. The molecule has 5 heteroatoms. The summed E-state index contributed by atoms with van der Waals surface area (Å²) in [4.78, 5) is 15.9. The van der Waals surface area contributed by atoms with Gasteiger partial charge in [-0.15, -0.1) is 0 Å². The summed E-state index contributed by atoms with van der Waals surface area (Å²) in [7, 11) is 0. The van der Waals surface area contributed by atoms with Gasteiger partial charge in [-0.1, -0.05) is 17.7 Å². The van der Waals surface area contributed by atoms with Crippen LogP contribution >= 0.6 is 11.6 Å². The van der Waals surface area contributed by atoms with Crippen molar-refractivity contribution in [3.8, 4) is 0 Å². The molecule has 0 bridgehead atoms. The number of halogens is 2. The number of benzene rings is 1. The molecule has 1 aromatic carbocycles. The number of aryl methyl sites for hydroxylation is 1. The second kappa shape index (κ2) is 6.40. The molecule has 0 aliphatic carbocycles. The second-order valence-corrected chi connectivity index (χ2v) is 7.54. The van der Waals surface area contributed by atoms with Crippen LogP contribution in [0.5, 0.6) is 0 Å². The first-order valence-corrected chi connectivity index (χ1v) is 8.69. The fraction of sp³-hybridized carbons (Fsp3) is 0.611. The molecule has 23 heavy (non-hydrogen) atoms. The van der Waals surface area contributed by atoms with Crippen molar-refractivity contribution < 1.29 is 9.18 Å². The number of piperidine rings is 1. The average Bonchev–Trinajstić information content (AvgIpc) is 2.90. The third kappa shape index (κ3) is 3.38. The SMILES string of the molecule is CC(=O)N1CCC[C@@]2(CCN(Cc3c(F)ccc(C)c3Cl)C2)C1. The first kappa shape index (κ1) is 16.7. The van der Waals surface area contributed by atoms with Gasteiger partial charge in [-0.2, -0.15) is 0 Å². The van der Waals surface area contributed by atoms with Crippen LogP contribution in [0.15, 0.2) is 12.1 Å². The molecule has 2 fully saturated rings. The van der Waals surface area contributed by atoms with Crippen LogP contribution < -0.4 is 0 Å². The van der Waals surface area contributed by atoms with Crippen LogP contribution in [-0.4, -0.2) is 41.9 Å². The Bertz CT molecular complexity index is 621. The van der Waals surface area contributed by atoms with Gasteiger partial charge in [-0.05, 0) is 44.4 Å². The number of carbonyl (C=O) groups excluding carboxylic acids is 1. The number of nitrogens with zero attached hydrogens (tertiary/aromatic N) is 2. The Balaban J connectivity index is 1.71. The van der Waals surface area contributed by atoms with Gasteiger partial charge in [0, 0.05) is 44.1 Å². The summed E-state index contributed by atoms with van der Waals surface area (Å²) in [6.45, 7) is 7.67. The van der Waals surface area contributed by atoms with Gasteiger partial charge < -0.3 is 4.90 Å². The zero-order valence-electron chi connectivity index (χ0n) is 13.9. The van der Waals surface area contributed by atoms with E-state index in [1.807, 2.05) is 11.8 Å². The van der Waals surface area contributed by atoms with Crippen LogP contribution in [0.3, 0.4) is 0 Å². The normalized spacial score (nSPS) is 25.3. The Morgan fingerprint density at radius 3 is 2.83 bits per heavy atom. The van der Waals surface area contributed by atoms with Crippen molar-refractivity contribution in [3.05, 3.63) is 34.1 Å². The van der Waals surface area contributed by atoms with Crippen LogP contribution in [0, 0.1) is 18.2 Å². The number of rotatable bonds is 2. The molecule has 1 spiro atoms. The van der Waals surface area contributed by atoms with Gasteiger partial charge in [-0.25, -0.2) is 4.39 Å². The van der Waals surface area contributed by atoms with E-state index in [0.717, 1.165) is 51.0 Å². The van der Waals surface area contributed by atoms with E-state index in [1.54, 1.807) is 13.0 Å². The van der Waals surface area contributed by atoms with Gasteiger partial charge in [0.2, 0.25) is 5.91 Å². The standard InChI is InChI=1S/C18H24ClFN2O/c1-13-4-5-16(20)15(17(13)19)10-21-9-7-18(11-21)6-3-8-22(12-18)14(2)23/h4-5H,3,6-12H2,1-2H3/t18-/m0/s1. The predicted molar refractivity (Wildman–Crippen MR) is 90.0 cm³/mol. The molecular weight excluding hydrogens is 315 g/mol. The average molecular weight is 339 g/mol. The zero-order valence-corrected chi connectivity index (χ0v) is 14.6. The smallest absolute Gasteiger partial charge is 0.219 e. The number of hydrogen-bond acceptors (Lipinski definition) is 2. The molecule has 0 N–H and O–H groups in total. The minimum absolute atomic E-state index is 0.162. The molecule has 3 nitrogen and oxygen atoms in total. The molecule has 0 unspecified atom stereocenters. The van der Waals surface area contributed by atoms with Crippen LogP contribution in [0.2, 0.25) is 5.02 Å². The van der Waals surface area contributed by atoms with E-state index >= 15 is 0 Å². The molecule has 2 aliphatic rings. The monoisotopic (exact) mass is 338 g/mol. The van der Waals surface area contributed by atoms with E-state index in [0.29, 0.717) is 17.1 Å². The summed E-state index contributed by atoms with van der Waals surface area (Å²) >= 11 is 6.30. The first-order chi connectivity index (χ1) is 10.9. The fourth-order valence-corrected chi connectivity index (χ4v) is 4.27. The Hall–Kier alpha value is -1.13. The summed E-state index contributed by atoms with van der Waals surface area (Å²) in [5.41, 5.74) is 1.69. The van der Waals surface area contributed by atoms with Gasteiger partial charge in [0.05, 0.1) is 5.02 Å². The lowest BCUT2D eigenvalue weighted by atomic mass is 9.79. The third-order valence-corrected chi connectivity index (χ3v) is 5.91. The van der Waals surface area contributed by atoms with Crippen molar-refractivity contribution in [2.45, 2.75) is 39.7 Å². The maximum Gasteiger partial charge on any atom is 0.219 e. The minimum Gasteiger partial charge on any atom is -0.342 e. The van der Waals surface area contributed by atoms with Crippen molar-refractivity contribution in [2.75, 3.05) is 26.2 Å². The van der Waals surface area contributed by atoms with Crippen LogP contribution in [0.1, 0.15) is 37.3 Å². The minimum atomic E-state index is -0.226. The van der Waals surface area contributed by atoms with Gasteiger partial charge >= 0.3 is 0 Å². The second-order valence-electron chi connectivity index (χ2n) is 7.16. The van der Waals surface area contributed by atoms with Crippen LogP contribution in [-0.2, 0) is 11.3 Å². The van der Waals surface area contributed by atoms with Gasteiger partial charge in [-0.3, -0.25) is 9.69 Å². The summed E-state index contributed by atoms with van der Waals surface area (Å²) in [5.74, 6) is -0.0640. The molecule has 2 aliphatic heterocycles. The highest BCUT2D eigenvalue weighted by Crippen LogP contribution is 2.40. The van der Waals surface area contributed by atoms with Crippen LogP contribution in [0.4, 0.5) is 4.39 Å². The lowest BCUT2D eigenvalue weighted by Gasteiger charge is -2.40. The van der Waals surface area contributed by atoms with E-state index in [4.69, 9.17) is 11.6 Å². The van der Waals surface area contributed by atoms with E-state index in [2.05, 4.69) is 4.90 Å². The van der Waals surface area contributed by atoms with Crippen molar-refractivity contribution in [3.63, 3.8) is 0 Å². The van der Waals surface area contributed by atoms with Crippen molar-refractivity contribution in [2.24, 2.45) is 5.41 Å². The van der Waals surface area contributed by atoms with Crippen LogP contribution in [0.25, 0.3) is 0 Å². The van der Waals surface area contributed by atoms with Crippen molar-refractivity contribution in [1.29, 1.82) is 0 Å². The Labute approximate surface area is 142 Å². The van der Waals surface area contributed by atoms with Gasteiger partial charge in [0.15, 0.2) is 0 Å². The molecule has 0 aromatic heterocycles. The lowest BCUT2D eigenvalue weighted by Crippen LogP contribution is -2.46. The highest BCUT2D eigenvalue weighted by Gasteiger charge is 2.42. The predicted octanol–water partition coefficient (Wildman–Crippen LogP) is 3.62. The molecule has 3 rings (SSSR count). The van der Waals surface area contributed by atoms with E-state index < -0.39 is 0 Å². The van der Waals surface area contributed by atoms with Gasteiger partial charge in [0.1, 0.15) is 5.82 Å². The Kier molecular flexibility index (Phi) is 4.65.